The zero-order chi connectivity index (χ0) is 11.4. The summed E-state index contributed by atoms with van der Waals surface area (Å²) in [6, 6.07) is 1.64. The third kappa shape index (κ3) is 3.97. The summed E-state index contributed by atoms with van der Waals surface area (Å²) in [5.74, 6) is -1.32. The van der Waals surface area contributed by atoms with E-state index in [1.807, 2.05) is 0 Å². The highest BCUT2D eigenvalue weighted by Gasteiger charge is 2.17. The summed E-state index contributed by atoms with van der Waals surface area (Å²) in [6.07, 6.45) is 0.780. The summed E-state index contributed by atoms with van der Waals surface area (Å²) < 4.78 is 27.1. The molecular formula is C10H13BrClF2NO. The minimum Gasteiger partial charge on any atom is -0.396 e. The summed E-state index contributed by atoms with van der Waals surface area (Å²) >= 11 is 2.99. The molecule has 0 saturated carbocycles. The van der Waals surface area contributed by atoms with Gasteiger partial charge in [-0.1, -0.05) is 15.9 Å². The van der Waals surface area contributed by atoms with Crippen LogP contribution in [0.25, 0.3) is 0 Å². The molecule has 0 aliphatic rings. The van der Waals surface area contributed by atoms with Gasteiger partial charge in [-0.05, 0) is 25.0 Å². The van der Waals surface area contributed by atoms with Crippen molar-refractivity contribution in [3.05, 3.63) is 33.8 Å². The molecule has 1 atom stereocenters. The highest BCUT2D eigenvalue weighted by molar-refractivity contribution is 9.10. The van der Waals surface area contributed by atoms with Gasteiger partial charge in [0.15, 0.2) is 0 Å². The van der Waals surface area contributed by atoms with Gasteiger partial charge in [0.1, 0.15) is 11.6 Å². The van der Waals surface area contributed by atoms with Crippen molar-refractivity contribution in [2.45, 2.75) is 18.9 Å². The largest absolute Gasteiger partial charge is 0.396 e. The van der Waals surface area contributed by atoms with E-state index in [0.29, 0.717) is 17.3 Å². The van der Waals surface area contributed by atoms with Crippen LogP contribution in [0.2, 0.25) is 0 Å². The van der Waals surface area contributed by atoms with Crippen molar-refractivity contribution in [2.75, 3.05) is 6.61 Å². The second-order valence-corrected chi connectivity index (χ2v) is 4.17. The first-order valence-corrected chi connectivity index (χ1v) is 5.36. The Morgan fingerprint density at radius 2 is 1.81 bits per heavy atom. The summed E-state index contributed by atoms with van der Waals surface area (Å²) in [4.78, 5) is 0. The molecule has 16 heavy (non-hydrogen) atoms. The van der Waals surface area contributed by atoms with Gasteiger partial charge >= 0.3 is 0 Å². The van der Waals surface area contributed by atoms with Crippen molar-refractivity contribution < 1.29 is 13.9 Å². The normalized spacial score (nSPS) is 12.1. The van der Waals surface area contributed by atoms with Crippen LogP contribution in [-0.4, -0.2) is 11.7 Å². The molecule has 0 unspecified atom stereocenters. The van der Waals surface area contributed by atoms with E-state index in [1.165, 1.54) is 12.1 Å². The zero-order valence-electron chi connectivity index (χ0n) is 8.42. The van der Waals surface area contributed by atoms with Crippen LogP contribution >= 0.6 is 28.3 Å². The van der Waals surface area contributed by atoms with Gasteiger partial charge in [0.25, 0.3) is 0 Å². The Balaban J connectivity index is 0.00000225. The van der Waals surface area contributed by atoms with Crippen molar-refractivity contribution in [3.63, 3.8) is 0 Å². The average Bonchev–Trinajstić information content (AvgIpc) is 2.12. The number of nitrogens with two attached hydrogens (primary N) is 1. The van der Waals surface area contributed by atoms with Crippen LogP contribution in [0.15, 0.2) is 16.6 Å². The van der Waals surface area contributed by atoms with Gasteiger partial charge in [0.05, 0.1) is 0 Å². The fourth-order valence-corrected chi connectivity index (χ4v) is 1.77. The van der Waals surface area contributed by atoms with Crippen molar-refractivity contribution in [3.8, 4) is 0 Å². The lowest BCUT2D eigenvalue weighted by Gasteiger charge is -2.13. The number of aliphatic hydroxyl groups excluding tert-OH is 1. The number of hydrogen-bond donors (Lipinski definition) is 2. The van der Waals surface area contributed by atoms with E-state index in [1.54, 1.807) is 0 Å². The Labute approximate surface area is 107 Å². The molecule has 92 valence electrons. The maximum absolute atomic E-state index is 13.4. The lowest BCUT2D eigenvalue weighted by atomic mass is 10.0. The van der Waals surface area contributed by atoms with Crippen LogP contribution in [0.3, 0.4) is 0 Å². The van der Waals surface area contributed by atoms with E-state index in [9.17, 15) is 8.78 Å². The molecule has 0 bridgehead atoms. The average molecular weight is 317 g/mol. The second-order valence-electron chi connectivity index (χ2n) is 3.26. The van der Waals surface area contributed by atoms with Crippen molar-refractivity contribution in [2.24, 2.45) is 5.73 Å². The smallest absolute Gasteiger partial charge is 0.132 e. The van der Waals surface area contributed by atoms with E-state index in [0.717, 1.165) is 0 Å². The molecule has 3 N–H and O–H groups in total. The minimum atomic E-state index is -0.717. The molecule has 6 heteroatoms. The van der Waals surface area contributed by atoms with E-state index < -0.39 is 17.7 Å². The molecule has 1 aromatic carbocycles. The maximum Gasteiger partial charge on any atom is 0.132 e. The zero-order valence-corrected chi connectivity index (χ0v) is 10.8. The number of hydrogen-bond acceptors (Lipinski definition) is 2. The topological polar surface area (TPSA) is 46.2 Å². The van der Waals surface area contributed by atoms with Crippen LogP contribution in [0.1, 0.15) is 24.4 Å². The fourth-order valence-electron chi connectivity index (χ4n) is 1.36. The lowest BCUT2D eigenvalue weighted by Crippen LogP contribution is -2.14. The first-order chi connectivity index (χ1) is 7.06. The summed E-state index contributed by atoms with van der Waals surface area (Å²) in [5.41, 5.74) is 5.51. The van der Waals surface area contributed by atoms with E-state index in [2.05, 4.69) is 15.9 Å². The molecule has 2 nitrogen and oxygen atoms in total. The van der Waals surface area contributed by atoms with Gasteiger partial charge in [-0.2, -0.15) is 0 Å². The van der Waals surface area contributed by atoms with Gasteiger partial charge in [-0.3, -0.25) is 0 Å². The predicted octanol–water partition coefficient (Wildman–Crippen LogP) is 2.92. The van der Waals surface area contributed by atoms with Gasteiger partial charge in [-0.25, -0.2) is 8.78 Å². The van der Waals surface area contributed by atoms with E-state index >= 15 is 0 Å². The molecular weight excluding hydrogens is 303 g/mol. The number of benzene rings is 1. The van der Waals surface area contributed by atoms with Crippen LogP contribution in [0, 0.1) is 11.6 Å². The summed E-state index contributed by atoms with van der Waals surface area (Å²) in [6.45, 7) is -0.0343. The Morgan fingerprint density at radius 1 is 1.31 bits per heavy atom. The summed E-state index contributed by atoms with van der Waals surface area (Å²) in [5, 5.41) is 8.59. The molecule has 1 rings (SSSR count). The summed E-state index contributed by atoms with van der Waals surface area (Å²) in [7, 11) is 0. The molecule has 0 aliphatic carbocycles. The van der Waals surface area contributed by atoms with Crippen LogP contribution in [0.4, 0.5) is 8.78 Å². The Hall–Kier alpha value is -0.230. The molecule has 0 saturated heterocycles. The van der Waals surface area contributed by atoms with Crippen LogP contribution in [-0.2, 0) is 0 Å². The second kappa shape index (κ2) is 7.17. The molecule has 0 aliphatic heterocycles. The van der Waals surface area contributed by atoms with Gasteiger partial charge < -0.3 is 10.8 Å². The van der Waals surface area contributed by atoms with Crippen molar-refractivity contribution in [1.82, 2.24) is 0 Å². The molecule has 0 fully saturated rings. The fraction of sp³-hybridized carbons (Fsp3) is 0.400. The first kappa shape index (κ1) is 15.8. The quantitative estimate of drug-likeness (QED) is 0.897. The number of halogens is 4. The highest BCUT2D eigenvalue weighted by atomic mass is 79.9. The van der Waals surface area contributed by atoms with E-state index in [-0.39, 0.29) is 24.6 Å². The standard InChI is InChI=1S/C10H12BrF2NO.ClH/c11-6-4-7(12)10(8(13)5-6)9(14)2-1-3-15;/h4-5,9,15H,1-3,14H2;1H/t9-;/m0./s1. The van der Waals surface area contributed by atoms with E-state index in [4.69, 9.17) is 10.8 Å². The lowest BCUT2D eigenvalue weighted by molar-refractivity contribution is 0.279. The van der Waals surface area contributed by atoms with Crippen LogP contribution < -0.4 is 5.73 Å². The molecule has 0 amide bonds. The third-order valence-corrected chi connectivity index (χ3v) is 2.55. The number of rotatable bonds is 4. The number of aliphatic hydroxyl groups is 1. The molecule has 0 aromatic heterocycles. The predicted molar refractivity (Wildman–Crippen MR) is 64.6 cm³/mol. The monoisotopic (exact) mass is 315 g/mol. The third-order valence-electron chi connectivity index (χ3n) is 2.09. The molecule has 0 heterocycles. The van der Waals surface area contributed by atoms with Crippen LogP contribution in [0.5, 0.6) is 0 Å². The highest BCUT2D eigenvalue weighted by Crippen LogP contribution is 2.25. The van der Waals surface area contributed by atoms with Gasteiger partial charge in [0.2, 0.25) is 0 Å². The molecule has 0 radical (unpaired) electrons. The first-order valence-electron chi connectivity index (χ1n) is 4.57. The van der Waals surface area contributed by atoms with Crippen molar-refractivity contribution >= 4 is 28.3 Å². The maximum atomic E-state index is 13.4. The minimum absolute atomic E-state index is 0. The van der Waals surface area contributed by atoms with Gasteiger partial charge in [-0.15, -0.1) is 12.4 Å². The molecule has 1 aromatic rings. The molecule has 0 spiro atoms. The van der Waals surface area contributed by atoms with Crippen molar-refractivity contribution in [1.29, 1.82) is 0 Å². The van der Waals surface area contributed by atoms with Gasteiger partial charge in [0, 0.05) is 22.7 Å². The Bertz CT molecular complexity index is 329. The SMILES string of the molecule is Cl.N[C@@H](CCCO)c1c(F)cc(Br)cc1F. The Morgan fingerprint density at radius 3 is 2.25 bits per heavy atom. The Kier molecular flexibility index (Phi) is 7.06.